The molecule has 2 rings (SSSR count). The highest BCUT2D eigenvalue weighted by molar-refractivity contribution is 5.98. The van der Waals surface area contributed by atoms with Crippen LogP contribution in [0, 0.1) is 11.3 Å². The van der Waals surface area contributed by atoms with Gasteiger partial charge in [0.2, 0.25) is 5.82 Å². The molecular weight excluding hydrogens is 242 g/mol. The van der Waals surface area contributed by atoms with E-state index in [4.69, 9.17) is 11.0 Å². The Morgan fingerprint density at radius 2 is 2.21 bits per heavy atom. The van der Waals surface area contributed by atoms with E-state index >= 15 is 0 Å². The molecule has 0 saturated heterocycles. The zero-order valence-electron chi connectivity index (χ0n) is 10.7. The van der Waals surface area contributed by atoms with Crippen molar-refractivity contribution >= 4 is 11.6 Å². The smallest absolute Gasteiger partial charge is 0.255 e. The van der Waals surface area contributed by atoms with Gasteiger partial charge in [-0.3, -0.25) is 9.36 Å². The Morgan fingerprint density at radius 3 is 2.84 bits per heavy atom. The molecule has 1 aromatic heterocycles. The quantitative estimate of drug-likeness (QED) is 0.812. The summed E-state index contributed by atoms with van der Waals surface area (Å²) >= 11 is 0. The number of carbonyl (C=O) groups is 1. The topological polar surface area (TPSA) is 87.9 Å². The lowest BCUT2D eigenvalue weighted by molar-refractivity contribution is 0.0827. The summed E-state index contributed by atoms with van der Waals surface area (Å²) in [6.07, 6.45) is 3.13. The van der Waals surface area contributed by atoms with Crippen molar-refractivity contribution < 1.29 is 4.79 Å². The maximum atomic E-state index is 12.1. The minimum atomic E-state index is -0.160. The summed E-state index contributed by atoms with van der Waals surface area (Å²) in [4.78, 5) is 17.5. The number of nitrogen functional groups attached to an aromatic ring is 1. The van der Waals surface area contributed by atoms with E-state index in [1.54, 1.807) is 43.1 Å². The van der Waals surface area contributed by atoms with Crippen molar-refractivity contribution in [1.29, 1.82) is 5.26 Å². The number of rotatable bonds is 2. The van der Waals surface area contributed by atoms with Crippen LogP contribution in [0.4, 0.5) is 5.69 Å². The molecule has 2 N–H and O–H groups in total. The minimum absolute atomic E-state index is 0.160. The third kappa shape index (κ3) is 2.26. The molecule has 1 heterocycles. The van der Waals surface area contributed by atoms with Gasteiger partial charge in [-0.25, -0.2) is 4.98 Å². The first kappa shape index (κ1) is 12.6. The van der Waals surface area contributed by atoms with Crippen LogP contribution in [-0.2, 0) is 0 Å². The number of aromatic nitrogens is 2. The van der Waals surface area contributed by atoms with Gasteiger partial charge in [0.05, 0.1) is 11.3 Å². The number of carbonyl (C=O) groups excluding carboxylic acids is 1. The fourth-order valence-electron chi connectivity index (χ4n) is 1.75. The Bertz CT molecular complexity index is 666. The van der Waals surface area contributed by atoms with Gasteiger partial charge in [-0.15, -0.1) is 0 Å². The van der Waals surface area contributed by atoms with Crippen LogP contribution in [0.25, 0.3) is 5.69 Å². The minimum Gasteiger partial charge on any atom is -0.399 e. The molecule has 19 heavy (non-hydrogen) atoms. The molecule has 0 radical (unpaired) electrons. The van der Waals surface area contributed by atoms with E-state index in [0.29, 0.717) is 16.9 Å². The molecule has 6 nitrogen and oxygen atoms in total. The van der Waals surface area contributed by atoms with Crippen molar-refractivity contribution in [1.82, 2.24) is 14.5 Å². The van der Waals surface area contributed by atoms with Gasteiger partial charge in [0, 0.05) is 32.2 Å². The highest BCUT2D eigenvalue weighted by atomic mass is 16.2. The fourth-order valence-corrected chi connectivity index (χ4v) is 1.75. The predicted octanol–water partition coefficient (Wildman–Crippen LogP) is 1.03. The van der Waals surface area contributed by atoms with Gasteiger partial charge < -0.3 is 10.6 Å². The van der Waals surface area contributed by atoms with Gasteiger partial charge >= 0.3 is 0 Å². The number of imidazole rings is 1. The Morgan fingerprint density at radius 1 is 1.47 bits per heavy atom. The van der Waals surface area contributed by atoms with E-state index in [9.17, 15) is 4.79 Å². The van der Waals surface area contributed by atoms with Gasteiger partial charge in [-0.1, -0.05) is 0 Å². The second-order valence-electron chi connectivity index (χ2n) is 4.21. The highest BCUT2D eigenvalue weighted by Crippen LogP contribution is 2.20. The number of benzene rings is 1. The van der Waals surface area contributed by atoms with Crippen LogP contribution in [-0.4, -0.2) is 34.5 Å². The average Bonchev–Trinajstić information content (AvgIpc) is 2.85. The summed E-state index contributed by atoms with van der Waals surface area (Å²) < 4.78 is 1.55. The number of nitrogens with zero attached hydrogens (tertiary/aromatic N) is 4. The molecule has 0 unspecified atom stereocenters. The Kier molecular flexibility index (Phi) is 3.21. The lowest BCUT2D eigenvalue weighted by Gasteiger charge is -2.15. The number of anilines is 1. The zero-order chi connectivity index (χ0) is 14.0. The SMILES string of the molecule is CN(C)C(=O)c1ccc(N)cc1-n1ccnc1C#N. The van der Waals surface area contributed by atoms with E-state index in [1.807, 2.05) is 6.07 Å². The zero-order valence-corrected chi connectivity index (χ0v) is 10.7. The molecule has 0 atom stereocenters. The summed E-state index contributed by atoms with van der Waals surface area (Å²) in [5, 5.41) is 9.02. The Balaban J connectivity index is 2.66. The average molecular weight is 255 g/mol. The van der Waals surface area contributed by atoms with Crippen LogP contribution in [0.5, 0.6) is 0 Å². The predicted molar refractivity (Wildman–Crippen MR) is 70.7 cm³/mol. The maximum Gasteiger partial charge on any atom is 0.255 e. The highest BCUT2D eigenvalue weighted by Gasteiger charge is 2.16. The van der Waals surface area contributed by atoms with Crippen molar-refractivity contribution in [3.8, 4) is 11.8 Å². The van der Waals surface area contributed by atoms with Crippen molar-refractivity contribution in [2.75, 3.05) is 19.8 Å². The molecule has 1 aromatic carbocycles. The molecule has 0 spiro atoms. The summed E-state index contributed by atoms with van der Waals surface area (Å²) in [6, 6.07) is 6.93. The van der Waals surface area contributed by atoms with E-state index in [1.165, 1.54) is 11.1 Å². The van der Waals surface area contributed by atoms with Crippen molar-refractivity contribution in [2.45, 2.75) is 0 Å². The van der Waals surface area contributed by atoms with Gasteiger partial charge in [0.15, 0.2) is 0 Å². The van der Waals surface area contributed by atoms with E-state index in [2.05, 4.69) is 4.98 Å². The summed E-state index contributed by atoms with van der Waals surface area (Å²) in [5.41, 5.74) is 7.29. The third-order valence-corrected chi connectivity index (χ3v) is 2.66. The first-order valence-electron chi connectivity index (χ1n) is 5.59. The van der Waals surface area contributed by atoms with Crippen LogP contribution in [0.15, 0.2) is 30.6 Å². The van der Waals surface area contributed by atoms with Crippen molar-refractivity contribution in [2.24, 2.45) is 0 Å². The number of amides is 1. The molecule has 0 bridgehead atoms. The lowest BCUT2D eigenvalue weighted by Crippen LogP contribution is -2.23. The second-order valence-corrected chi connectivity index (χ2v) is 4.21. The molecule has 0 aliphatic heterocycles. The third-order valence-electron chi connectivity index (χ3n) is 2.66. The van der Waals surface area contributed by atoms with Crippen molar-refractivity contribution in [3.63, 3.8) is 0 Å². The van der Waals surface area contributed by atoms with Crippen LogP contribution >= 0.6 is 0 Å². The van der Waals surface area contributed by atoms with Crippen LogP contribution < -0.4 is 5.73 Å². The number of hydrogen-bond acceptors (Lipinski definition) is 4. The largest absolute Gasteiger partial charge is 0.399 e. The Hall–Kier alpha value is -2.81. The van der Waals surface area contributed by atoms with Crippen molar-refractivity contribution in [3.05, 3.63) is 42.0 Å². The van der Waals surface area contributed by atoms with E-state index < -0.39 is 0 Å². The molecule has 2 aromatic rings. The second kappa shape index (κ2) is 4.82. The summed E-state index contributed by atoms with van der Waals surface area (Å²) in [6.45, 7) is 0. The first-order chi connectivity index (χ1) is 9.04. The molecule has 0 aliphatic carbocycles. The first-order valence-corrected chi connectivity index (χ1v) is 5.59. The van der Waals surface area contributed by atoms with Crippen LogP contribution in [0.1, 0.15) is 16.2 Å². The summed E-state index contributed by atoms with van der Waals surface area (Å²) in [5.74, 6) is 0.0472. The molecule has 0 aliphatic rings. The van der Waals surface area contributed by atoms with E-state index in [0.717, 1.165) is 0 Å². The van der Waals surface area contributed by atoms with Gasteiger partial charge in [0.25, 0.3) is 5.91 Å². The van der Waals surface area contributed by atoms with Gasteiger partial charge in [0.1, 0.15) is 6.07 Å². The monoisotopic (exact) mass is 255 g/mol. The van der Waals surface area contributed by atoms with E-state index in [-0.39, 0.29) is 11.7 Å². The van der Waals surface area contributed by atoms with Crippen LogP contribution in [0.3, 0.4) is 0 Å². The molecule has 0 fully saturated rings. The fraction of sp³-hybridized carbons (Fsp3) is 0.154. The van der Waals surface area contributed by atoms with Gasteiger partial charge in [-0.2, -0.15) is 5.26 Å². The van der Waals surface area contributed by atoms with Gasteiger partial charge in [-0.05, 0) is 18.2 Å². The Labute approximate surface area is 110 Å². The molecule has 6 heteroatoms. The lowest BCUT2D eigenvalue weighted by atomic mass is 10.1. The molecular formula is C13H13N5O. The molecule has 96 valence electrons. The number of hydrogen-bond donors (Lipinski definition) is 1. The normalized spacial score (nSPS) is 9.95. The number of nitrogens with two attached hydrogens (primary N) is 1. The summed E-state index contributed by atoms with van der Waals surface area (Å²) in [7, 11) is 3.34. The number of nitriles is 1. The van der Waals surface area contributed by atoms with Crippen LogP contribution in [0.2, 0.25) is 0 Å². The molecule has 1 amide bonds. The maximum absolute atomic E-state index is 12.1. The standard InChI is InChI=1S/C13H13N5O/c1-17(2)13(19)10-4-3-9(15)7-11(10)18-6-5-16-12(18)8-14/h3-7H,15H2,1-2H3. The molecule has 0 saturated carbocycles.